The number of carbonyl (C=O) groups excluding carboxylic acids is 2. The van der Waals surface area contributed by atoms with Gasteiger partial charge in [-0.05, 0) is 26.7 Å². The Morgan fingerprint density at radius 3 is 2.56 bits per heavy atom. The minimum Gasteiger partial charge on any atom is -0.462 e. The number of hydrogen-bond acceptors (Lipinski definition) is 8. The Bertz CT molecular complexity index is 759. The highest BCUT2D eigenvalue weighted by atomic mass is 35.5. The molecule has 25 heavy (non-hydrogen) atoms. The summed E-state index contributed by atoms with van der Waals surface area (Å²) in [6.45, 7) is 3.74. The Morgan fingerprint density at radius 2 is 1.96 bits per heavy atom. The fourth-order valence-corrected chi connectivity index (χ4v) is 3.42. The van der Waals surface area contributed by atoms with Crippen molar-refractivity contribution in [1.29, 1.82) is 0 Å². The van der Waals surface area contributed by atoms with Crippen LogP contribution in [0.4, 0.5) is 11.1 Å². The second-order valence-corrected chi connectivity index (χ2v) is 6.66. The molecule has 0 spiro atoms. The van der Waals surface area contributed by atoms with Crippen LogP contribution < -0.4 is 5.32 Å². The van der Waals surface area contributed by atoms with E-state index >= 15 is 0 Å². The van der Waals surface area contributed by atoms with Gasteiger partial charge in [0.25, 0.3) is 0 Å². The lowest BCUT2D eigenvalue weighted by atomic mass is 10.1. The lowest BCUT2D eigenvalue weighted by Crippen LogP contribution is -2.03. The van der Waals surface area contributed by atoms with E-state index in [0.717, 1.165) is 17.6 Å². The molecule has 0 aliphatic rings. The number of aromatic nitrogens is 3. The molecule has 0 fully saturated rings. The van der Waals surface area contributed by atoms with E-state index < -0.39 is 5.97 Å². The Morgan fingerprint density at radius 1 is 1.28 bits per heavy atom. The van der Waals surface area contributed by atoms with Crippen molar-refractivity contribution >= 4 is 57.9 Å². The monoisotopic (exact) mass is 402 g/mol. The maximum absolute atomic E-state index is 11.8. The largest absolute Gasteiger partial charge is 0.462 e. The number of esters is 1. The average Bonchev–Trinajstić information content (AvgIpc) is 2.91. The first-order chi connectivity index (χ1) is 12.0. The van der Waals surface area contributed by atoms with Gasteiger partial charge < -0.3 is 9.53 Å². The fraction of sp³-hybridized carbons (Fsp3) is 0.400. The number of aldehydes is 1. The first-order valence-electron chi connectivity index (χ1n) is 7.53. The lowest BCUT2D eigenvalue weighted by molar-refractivity contribution is -0.107. The Labute approximate surface area is 158 Å². The van der Waals surface area contributed by atoms with Gasteiger partial charge in [0.05, 0.1) is 12.3 Å². The van der Waals surface area contributed by atoms with Crippen LogP contribution in [0.25, 0.3) is 0 Å². The van der Waals surface area contributed by atoms with Gasteiger partial charge in [-0.2, -0.15) is 0 Å². The molecule has 2 rings (SSSR count). The van der Waals surface area contributed by atoms with E-state index in [-0.39, 0.29) is 16.3 Å². The van der Waals surface area contributed by atoms with E-state index in [1.807, 2.05) is 0 Å². The van der Waals surface area contributed by atoms with Crippen molar-refractivity contribution in [2.24, 2.45) is 0 Å². The van der Waals surface area contributed by atoms with Crippen LogP contribution in [-0.2, 0) is 16.0 Å². The third-order valence-corrected chi connectivity index (χ3v) is 4.81. The molecule has 2 aromatic heterocycles. The number of carbonyl (C=O) groups is 2. The zero-order chi connectivity index (χ0) is 18.4. The number of halogens is 2. The van der Waals surface area contributed by atoms with E-state index in [9.17, 15) is 9.59 Å². The zero-order valence-electron chi connectivity index (χ0n) is 13.6. The number of ether oxygens (including phenoxy) is 1. The Hall–Kier alpha value is -1.77. The Balaban J connectivity index is 2.17. The second kappa shape index (κ2) is 9.07. The second-order valence-electron chi connectivity index (χ2n) is 4.95. The van der Waals surface area contributed by atoms with Crippen molar-refractivity contribution in [3.63, 3.8) is 0 Å². The SMILES string of the molecule is CCOC(=O)c1sc(Nc2nc(Cl)c(CCCC=O)c(Cl)n2)nc1C. The summed E-state index contributed by atoms with van der Waals surface area (Å²) in [4.78, 5) is 35.2. The predicted molar refractivity (Wildman–Crippen MR) is 97.1 cm³/mol. The molecule has 0 saturated heterocycles. The standard InChI is InChI=1S/C15H16Cl2N4O3S/c1-3-24-13(23)10-8(2)18-15(25-10)21-14-19-11(16)9(12(17)20-14)6-4-5-7-22/h7H,3-6H2,1-2H3,(H,18,19,20,21). The van der Waals surface area contributed by atoms with Crippen LogP contribution in [0, 0.1) is 6.92 Å². The van der Waals surface area contributed by atoms with Gasteiger partial charge in [0.1, 0.15) is 21.5 Å². The molecule has 0 aliphatic heterocycles. The number of hydrogen-bond donors (Lipinski definition) is 1. The van der Waals surface area contributed by atoms with E-state index in [1.165, 1.54) is 0 Å². The van der Waals surface area contributed by atoms with Gasteiger partial charge >= 0.3 is 5.97 Å². The van der Waals surface area contributed by atoms with Gasteiger partial charge in [0.15, 0.2) is 5.13 Å². The van der Waals surface area contributed by atoms with Crippen LogP contribution in [0.3, 0.4) is 0 Å². The molecule has 0 bridgehead atoms. The van der Waals surface area contributed by atoms with E-state index in [2.05, 4.69) is 20.3 Å². The number of nitrogens with one attached hydrogen (secondary N) is 1. The normalized spacial score (nSPS) is 10.6. The van der Waals surface area contributed by atoms with E-state index in [0.29, 0.717) is 47.1 Å². The summed E-state index contributed by atoms with van der Waals surface area (Å²) >= 11 is 13.4. The molecule has 0 unspecified atom stereocenters. The molecule has 2 aromatic rings. The molecule has 134 valence electrons. The Kier molecular flexibility index (Phi) is 7.10. The number of nitrogens with zero attached hydrogens (tertiary/aromatic N) is 3. The van der Waals surface area contributed by atoms with E-state index in [1.54, 1.807) is 13.8 Å². The summed E-state index contributed by atoms with van der Waals surface area (Å²) in [7, 11) is 0. The smallest absolute Gasteiger partial charge is 0.350 e. The molecule has 7 nitrogen and oxygen atoms in total. The summed E-state index contributed by atoms with van der Waals surface area (Å²) in [6.07, 6.45) is 2.39. The number of unbranched alkanes of at least 4 members (excludes halogenated alkanes) is 1. The van der Waals surface area contributed by atoms with Gasteiger partial charge in [-0.1, -0.05) is 34.5 Å². The van der Waals surface area contributed by atoms with Gasteiger partial charge in [-0.25, -0.2) is 19.7 Å². The van der Waals surface area contributed by atoms with Crippen molar-refractivity contribution in [2.45, 2.75) is 33.1 Å². The summed E-state index contributed by atoms with van der Waals surface area (Å²) in [5, 5.41) is 3.75. The zero-order valence-corrected chi connectivity index (χ0v) is 16.0. The summed E-state index contributed by atoms with van der Waals surface area (Å²) in [5.41, 5.74) is 1.15. The number of anilines is 2. The van der Waals surface area contributed by atoms with Crippen molar-refractivity contribution < 1.29 is 14.3 Å². The maximum atomic E-state index is 11.8. The fourth-order valence-electron chi connectivity index (χ4n) is 1.99. The molecule has 0 radical (unpaired) electrons. The minimum absolute atomic E-state index is 0.179. The predicted octanol–water partition coefficient (Wildman–Crippen LogP) is 3.99. The summed E-state index contributed by atoms with van der Waals surface area (Å²) in [5.74, 6) is -0.244. The average molecular weight is 403 g/mol. The van der Waals surface area contributed by atoms with Gasteiger partial charge in [-0.3, -0.25) is 5.32 Å². The van der Waals surface area contributed by atoms with Crippen LogP contribution in [0.15, 0.2) is 0 Å². The third-order valence-electron chi connectivity index (χ3n) is 3.13. The third kappa shape index (κ3) is 5.10. The molecule has 0 aromatic carbocycles. The first kappa shape index (κ1) is 19.6. The van der Waals surface area contributed by atoms with Gasteiger partial charge in [-0.15, -0.1) is 0 Å². The highest BCUT2D eigenvalue weighted by Crippen LogP contribution is 2.28. The van der Waals surface area contributed by atoms with Crippen molar-refractivity contribution in [3.05, 3.63) is 26.4 Å². The summed E-state index contributed by atoms with van der Waals surface area (Å²) < 4.78 is 4.98. The molecule has 0 saturated carbocycles. The minimum atomic E-state index is -0.423. The molecular weight excluding hydrogens is 387 g/mol. The van der Waals surface area contributed by atoms with E-state index in [4.69, 9.17) is 27.9 Å². The van der Waals surface area contributed by atoms with Crippen LogP contribution in [0.1, 0.15) is 40.7 Å². The van der Waals surface area contributed by atoms with Crippen molar-refractivity contribution in [1.82, 2.24) is 15.0 Å². The maximum Gasteiger partial charge on any atom is 0.350 e. The quantitative estimate of drug-likeness (QED) is 0.308. The van der Waals surface area contributed by atoms with Crippen molar-refractivity contribution in [2.75, 3.05) is 11.9 Å². The highest BCUT2D eigenvalue weighted by Gasteiger charge is 2.18. The first-order valence-corrected chi connectivity index (χ1v) is 9.10. The molecule has 2 heterocycles. The van der Waals surface area contributed by atoms with Crippen LogP contribution in [-0.4, -0.2) is 33.8 Å². The van der Waals surface area contributed by atoms with Crippen molar-refractivity contribution in [3.8, 4) is 0 Å². The van der Waals surface area contributed by atoms with Gasteiger partial charge in [0, 0.05) is 12.0 Å². The van der Waals surface area contributed by atoms with Gasteiger partial charge in [0.2, 0.25) is 5.95 Å². The van der Waals surface area contributed by atoms with Crippen LogP contribution >= 0.6 is 34.5 Å². The number of rotatable bonds is 8. The highest BCUT2D eigenvalue weighted by molar-refractivity contribution is 7.17. The molecular formula is C15H16Cl2N4O3S. The topological polar surface area (TPSA) is 94.1 Å². The number of aryl methyl sites for hydroxylation is 1. The van der Waals surface area contributed by atoms with Crippen LogP contribution in [0.5, 0.6) is 0 Å². The molecule has 0 amide bonds. The molecule has 0 aliphatic carbocycles. The number of thiazole rings is 1. The molecule has 0 atom stereocenters. The lowest BCUT2D eigenvalue weighted by Gasteiger charge is -2.07. The van der Waals surface area contributed by atoms with Crippen LogP contribution in [0.2, 0.25) is 10.3 Å². The summed E-state index contributed by atoms with van der Waals surface area (Å²) in [6, 6.07) is 0. The molecule has 10 heteroatoms. The molecule has 1 N–H and O–H groups in total.